The van der Waals surface area contributed by atoms with E-state index in [0.717, 1.165) is 166 Å². The summed E-state index contributed by atoms with van der Waals surface area (Å²) in [6.07, 6.45) is 1.83. The summed E-state index contributed by atoms with van der Waals surface area (Å²) in [6, 6.07) is 135. The Hall–Kier alpha value is -16.2. The Bertz CT molecular complexity index is 7510. The SMILES string of the molecule is c1ccc(-c2ccc(-c3nc(-c4ccccc4)nc(-c4ccc(-c5cccc(-c6cccc(-c7c8ncccc8nc8oc9ccccc9c78)c6)c5)cc4)n3)cc2)cc1.c1ccc(-c2ccc(-c3nc(-c4ccccc4)nc(-c4ccc(-c5cccc(-c6cccc(-c7ccc8c(c7)oc7nc9ccccc9nc78)c6)c5)cc4)n3)cc2)cc1. The summed E-state index contributed by atoms with van der Waals surface area (Å²) in [7, 11) is 0. The van der Waals surface area contributed by atoms with Gasteiger partial charge in [0.1, 0.15) is 16.7 Å². The highest BCUT2D eigenvalue weighted by molar-refractivity contribution is 6.18. The first-order chi connectivity index (χ1) is 58.4. The second-order valence-corrected chi connectivity index (χ2v) is 29.0. The van der Waals surface area contributed by atoms with E-state index in [1.54, 1.807) is 0 Å². The molecule has 0 bridgehead atoms. The van der Waals surface area contributed by atoms with Crippen molar-refractivity contribution in [1.82, 2.24) is 49.8 Å². The minimum Gasteiger partial charge on any atom is -0.438 e. The molecule has 0 spiro atoms. The topological polar surface area (TPSA) is 155 Å². The Morgan fingerprint density at radius 1 is 0.169 bits per heavy atom. The van der Waals surface area contributed by atoms with Crippen LogP contribution < -0.4 is 0 Å². The van der Waals surface area contributed by atoms with E-state index in [-0.39, 0.29) is 0 Å². The number of furan rings is 2. The van der Waals surface area contributed by atoms with Gasteiger partial charge in [0.05, 0.1) is 27.5 Å². The van der Waals surface area contributed by atoms with Crippen molar-refractivity contribution >= 4 is 66.3 Å². The molecule has 552 valence electrons. The van der Waals surface area contributed by atoms with E-state index < -0.39 is 0 Å². The number of hydrogen-bond donors (Lipinski definition) is 0. The molecule has 7 aromatic heterocycles. The van der Waals surface area contributed by atoms with Crippen molar-refractivity contribution in [2.45, 2.75) is 0 Å². The van der Waals surface area contributed by atoms with Crippen LogP contribution in [0.5, 0.6) is 0 Å². The fraction of sp³-hybridized carbons (Fsp3) is 0. The zero-order valence-corrected chi connectivity index (χ0v) is 63.4. The van der Waals surface area contributed by atoms with E-state index in [2.05, 4.69) is 267 Å². The number of para-hydroxylation sites is 3. The Balaban J connectivity index is 0.000000147. The first kappa shape index (κ1) is 69.7. The maximum absolute atomic E-state index is 6.26. The average molecular weight is 1510 g/mol. The number of rotatable bonds is 14. The monoisotopic (exact) mass is 1510 g/mol. The molecule has 0 atom stereocenters. The maximum Gasteiger partial charge on any atom is 0.246 e. The van der Waals surface area contributed by atoms with Crippen molar-refractivity contribution in [2.75, 3.05) is 0 Å². The maximum atomic E-state index is 6.26. The first-order valence-electron chi connectivity index (χ1n) is 39.1. The summed E-state index contributed by atoms with van der Waals surface area (Å²) in [6.45, 7) is 0. The fourth-order valence-corrected chi connectivity index (χ4v) is 15.6. The van der Waals surface area contributed by atoms with Crippen LogP contribution in [0.2, 0.25) is 0 Å². The summed E-state index contributed by atoms with van der Waals surface area (Å²) in [5, 5.41) is 2.95. The van der Waals surface area contributed by atoms with E-state index >= 15 is 0 Å². The molecule has 22 rings (SSSR count). The van der Waals surface area contributed by atoms with Gasteiger partial charge in [-0.05, 0) is 150 Å². The van der Waals surface area contributed by atoms with Crippen LogP contribution in [-0.2, 0) is 0 Å². The Labute approximate surface area is 678 Å². The van der Waals surface area contributed by atoms with Crippen molar-refractivity contribution in [3.05, 3.63) is 401 Å². The van der Waals surface area contributed by atoms with Crippen molar-refractivity contribution in [3.63, 3.8) is 0 Å². The van der Waals surface area contributed by atoms with Gasteiger partial charge in [0.25, 0.3) is 0 Å². The van der Waals surface area contributed by atoms with Gasteiger partial charge in [-0.3, -0.25) is 4.98 Å². The molecule has 12 heteroatoms. The molecular weight excluding hydrogens is 1450 g/mol. The molecule has 0 fully saturated rings. The third-order valence-electron chi connectivity index (χ3n) is 21.6. The Kier molecular flexibility index (Phi) is 18.0. The van der Waals surface area contributed by atoms with Gasteiger partial charge >= 0.3 is 0 Å². The molecule has 0 aliphatic carbocycles. The number of hydrogen-bond acceptors (Lipinski definition) is 12. The summed E-state index contributed by atoms with van der Waals surface area (Å²) in [5.41, 5.74) is 30.2. The second-order valence-electron chi connectivity index (χ2n) is 29.0. The van der Waals surface area contributed by atoms with Crippen molar-refractivity contribution in [2.24, 2.45) is 0 Å². The highest BCUT2D eigenvalue weighted by atomic mass is 16.3. The number of fused-ring (bicyclic) bond motifs is 8. The molecule has 0 saturated carbocycles. The summed E-state index contributed by atoms with van der Waals surface area (Å²) < 4.78 is 12.5. The van der Waals surface area contributed by atoms with Gasteiger partial charge in [0.15, 0.2) is 34.9 Å². The second kappa shape index (κ2) is 30.4. The van der Waals surface area contributed by atoms with Crippen molar-refractivity contribution < 1.29 is 8.83 Å². The lowest BCUT2D eigenvalue weighted by atomic mass is 9.94. The van der Waals surface area contributed by atoms with Gasteiger partial charge in [0, 0.05) is 55.9 Å². The Morgan fingerprint density at radius 3 is 0.915 bits per heavy atom. The van der Waals surface area contributed by atoms with Gasteiger partial charge in [-0.2, -0.15) is 0 Å². The van der Waals surface area contributed by atoms with Crippen LogP contribution in [0.1, 0.15) is 0 Å². The molecule has 0 unspecified atom stereocenters. The Morgan fingerprint density at radius 2 is 0.466 bits per heavy atom. The molecular formula is C106H66N10O2. The minimum atomic E-state index is 0.550. The molecule has 0 radical (unpaired) electrons. The van der Waals surface area contributed by atoms with Crippen LogP contribution in [-0.4, -0.2) is 49.8 Å². The van der Waals surface area contributed by atoms with Crippen LogP contribution in [0.3, 0.4) is 0 Å². The summed E-state index contributed by atoms with van der Waals surface area (Å²) in [5.74, 6) is 3.78. The number of nitrogens with zero attached hydrogens (tertiary/aromatic N) is 10. The average Bonchev–Trinajstić information content (AvgIpc) is 1.55. The molecule has 15 aromatic carbocycles. The molecule has 7 heterocycles. The van der Waals surface area contributed by atoms with E-state index in [1.165, 1.54) is 11.1 Å². The lowest BCUT2D eigenvalue weighted by molar-refractivity contribution is 0.655. The number of benzene rings is 15. The zero-order chi connectivity index (χ0) is 78.2. The predicted octanol–water partition coefficient (Wildman–Crippen LogP) is 26.8. The summed E-state index contributed by atoms with van der Waals surface area (Å²) >= 11 is 0. The van der Waals surface area contributed by atoms with E-state index in [1.807, 2.05) is 134 Å². The van der Waals surface area contributed by atoms with Crippen molar-refractivity contribution in [3.8, 4) is 157 Å². The van der Waals surface area contributed by atoms with Crippen LogP contribution >= 0.6 is 0 Å². The molecule has 0 N–H and O–H groups in total. The van der Waals surface area contributed by atoms with Crippen molar-refractivity contribution in [1.29, 1.82) is 0 Å². The van der Waals surface area contributed by atoms with Crippen LogP contribution in [0.15, 0.2) is 409 Å². The number of aromatic nitrogens is 10. The van der Waals surface area contributed by atoms with Gasteiger partial charge < -0.3 is 8.83 Å². The molecule has 0 aliphatic rings. The third-order valence-corrected chi connectivity index (χ3v) is 21.6. The van der Waals surface area contributed by atoms with E-state index in [0.29, 0.717) is 46.4 Å². The molecule has 0 aliphatic heterocycles. The zero-order valence-electron chi connectivity index (χ0n) is 63.4. The molecule has 118 heavy (non-hydrogen) atoms. The van der Waals surface area contributed by atoms with Crippen LogP contribution in [0.4, 0.5) is 0 Å². The van der Waals surface area contributed by atoms with E-state index in [9.17, 15) is 0 Å². The highest BCUT2D eigenvalue weighted by Gasteiger charge is 2.22. The van der Waals surface area contributed by atoms with Gasteiger partial charge in [-0.15, -0.1) is 0 Å². The van der Waals surface area contributed by atoms with Gasteiger partial charge in [0.2, 0.25) is 11.4 Å². The summed E-state index contributed by atoms with van der Waals surface area (Å²) in [4.78, 5) is 49.1. The van der Waals surface area contributed by atoms with Gasteiger partial charge in [-0.25, -0.2) is 44.9 Å². The normalized spacial score (nSPS) is 11.4. The van der Waals surface area contributed by atoms with Gasteiger partial charge in [-0.1, -0.05) is 328 Å². The first-order valence-corrected chi connectivity index (χ1v) is 39.1. The lowest BCUT2D eigenvalue weighted by Gasteiger charge is -2.11. The lowest BCUT2D eigenvalue weighted by Crippen LogP contribution is -2.00. The van der Waals surface area contributed by atoms with Crippen LogP contribution in [0.25, 0.3) is 224 Å². The fourth-order valence-electron chi connectivity index (χ4n) is 15.6. The highest BCUT2D eigenvalue weighted by Crippen LogP contribution is 2.43. The largest absolute Gasteiger partial charge is 0.438 e. The quantitative estimate of drug-likeness (QED) is 0.102. The molecule has 0 saturated heterocycles. The van der Waals surface area contributed by atoms with E-state index in [4.69, 9.17) is 58.7 Å². The number of pyridine rings is 2. The predicted molar refractivity (Wildman–Crippen MR) is 477 cm³/mol. The molecule has 22 aromatic rings. The molecule has 0 amide bonds. The minimum absolute atomic E-state index is 0.550. The van der Waals surface area contributed by atoms with Crippen LogP contribution in [0, 0.1) is 0 Å². The standard InChI is InChI=1S/2C53H33N5O/c1-3-12-34(13-4-1)35-23-27-38(28-24-35)51-56-50(37-14-5-2-6-15-37)57-52(58-51)39-29-25-36(26-30-39)40-16-9-17-41(32-40)42-18-10-19-43(33-42)47-48-44-20-7-8-22-46(44)59-53(48)55-45-21-11-31-54-49(45)47;1-3-11-34(12-4-1)35-21-25-38(26-22-35)51-56-50(37-13-5-2-6-14-37)57-52(58-51)39-27-23-36(24-28-39)40-15-9-16-41(31-40)42-17-10-18-43(32-42)44-29-30-45-48(33-44)59-53-49(45)54-46-19-7-8-20-47(46)55-53/h2*1-33H. The smallest absolute Gasteiger partial charge is 0.246 e. The molecule has 12 nitrogen and oxygen atoms in total. The third kappa shape index (κ3) is 13.8.